The molecule has 4 heterocycles. The molecule has 1 amide bonds. The first-order chi connectivity index (χ1) is 14.3. The van der Waals surface area contributed by atoms with Gasteiger partial charge in [-0.3, -0.25) is 9.08 Å². The van der Waals surface area contributed by atoms with Crippen LogP contribution in [0.1, 0.15) is 40.0 Å². The topological polar surface area (TPSA) is 86.8 Å². The molecule has 1 aliphatic heterocycles. The molecule has 1 fully saturated rings. The van der Waals surface area contributed by atoms with Crippen molar-refractivity contribution in [2.45, 2.75) is 51.7 Å². The van der Waals surface area contributed by atoms with Gasteiger partial charge in [-0.1, -0.05) is 0 Å². The van der Waals surface area contributed by atoms with Gasteiger partial charge < -0.3 is 14.4 Å². The lowest BCUT2D eigenvalue weighted by Gasteiger charge is -2.26. The van der Waals surface area contributed by atoms with Gasteiger partial charge in [0.1, 0.15) is 17.4 Å². The highest BCUT2D eigenvalue weighted by molar-refractivity contribution is 5.68. The van der Waals surface area contributed by atoms with E-state index < -0.39 is 5.60 Å². The number of fused-ring (bicyclic) bond motifs is 1. The van der Waals surface area contributed by atoms with Gasteiger partial charge in [-0.15, -0.1) is 0 Å². The van der Waals surface area contributed by atoms with Crippen LogP contribution in [0.5, 0.6) is 6.01 Å². The Balaban J connectivity index is 1.50. The fraction of sp³-hybridized carbons (Fsp3) is 0.524. The number of rotatable bonds is 3. The molecule has 0 aromatic carbocycles. The molecule has 9 heteroatoms. The highest BCUT2D eigenvalue weighted by atomic mass is 16.6. The molecule has 3 aromatic rings. The zero-order valence-corrected chi connectivity index (χ0v) is 17.9. The maximum atomic E-state index is 12.4. The van der Waals surface area contributed by atoms with Gasteiger partial charge >= 0.3 is 12.1 Å². The van der Waals surface area contributed by atoms with E-state index in [9.17, 15) is 4.79 Å². The van der Waals surface area contributed by atoms with Crippen LogP contribution in [0.25, 0.3) is 16.9 Å². The lowest BCUT2D eigenvalue weighted by Crippen LogP contribution is -2.37. The predicted octanol–water partition coefficient (Wildman–Crippen LogP) is 3.30. The van der Waals surface area contributed by atoms with Gasteiger partial charge in [0, 0.05) is 56.8 Å². The summed E-state index contributed by atoms with van der Waals surface area (Å²) in [6.45, 7) is 6.90. The van der Waals surface area contributed by atoms with Gasteiger partial charge in [-0.25, -0.2) is 9.78 Å². The second-order valence-corrected chi connectivity index (χ2v) is 8.62. The molecule has 0 aliphatic carbocycles. The van der Waals surface area contributed by atoms with Gasteiger partial charge in [-0.2, -0.15) is 10.1 Å². The van der Waals surface area contributed by atoms with E-state index in [-0.39, 0.29) is 12.2 Å². The molecule has 0 spiro atoms. The summed E-state index contributed by atoms with van der Waals surface area (Å²) in [7, 11) is 1.87. The van der Waals surface area contributed by atoms with Crippen molar-refractivity contribution in [2.75, 3.05) is 13.1 Å². The van der Waals surface area contributed by atoms with Gasteiger partial charge in [0.15, 0.2) is 0 Å². The number of likely N-dealkylation sites (tertiary alicyclic amines) is 1. The monoisotopic (exact) mass is 412 g/mol. The molecule has 0 bridgehead atoms. The molecule has 160 valence electrons. The van der Waals surface area contributed by atoms with Crippen molar-refractivity contribution in [3.63, 3.8) is 0 Å². The van der Waals surface area contributed by atoms with Crippen LogP contribution in [0.2, 0.25) is 0 Å². The van der Waals surface area contributed by atoms with Crippen LogP contribution in [0.3, 0.4) is 0 Å². The lowest BCUT2D eigenvalue weighted by atomic mass is 10.2. The third-order valence-electron chi connectivity index (χ3n) is 4.96. The number of aryl methyl sites for hydroxylation is 1. The average molecular weight is 412 g/mol. The first kappa shape index (κ1) is 20.2. The zero-order valence-electron chi connectivity index (χ0n) is 17.9. The summed E-state index contributed by atoms with van der Waals surface area (Å²) < 4.78 is 15.4. The summed E-state index contributed by atoms with van der Waals surface area (Å²) in [5, 5.41) is 4.23. The van der Waals surface area contributed by atoms with Crippen molar-refractivity contribution in [3.8, 4) is 17.3 Å². The van der Waals surface area contributed by atoms with E-state index in [0.29, 0.717) is 25.5 Å². The molecule has 30 heavy (non-hydrogen) atoms. The van der Waals surface area contributed by atoms with Crippen LogP contribution in [0.4, 0.5) is 4.79 Å². The fourth-order valence-electron chi connectivity index (χ4n) is 3.52. The van der Waals surface area contributed by atoms with Crippen LogP contribution in [-0.2, 0) is 11.8 Å². The van der Waals surface area contributed by atoms with Gasteiger partial charge in [0.05, 0.1) is 11.9 Å². The number of imidazole rings is 1. The number of carbonyl (C=O) groups is 1. The number of nitrogens with zero attached hydrogens (tertiary/aromatic N) is 6. The van der Waals surface area contributed by atoms with E-state index in [0.717, 1.165) is 29.7 Å². The summed E-state index contributed by atoms with van der Waals surface area (Å²) in [4.78, 5) is 23.3. The van der Waals surface area contributed by atoms with E-state index in [2.05, 4.69) is 10.1 Å². The third kappa shape index (κ3) is 4.55. The Hall–Kier alpha value is -3.10. The van der Waals surface area contributed by atoms with Crippen LogP contribution in [0.15, 0.2) is 30.9 Å². The van der Waals surface area contributed by atoms with Gasteiger partial charge in [0.25, 0.3) is 0 Å². The number of carbonyl (C=O) groups excluding carboxylic acids is 1. The lowest BCUT2D eigenvalue weighted by molar-refractivity contribution is 0.0251. The Kier molecular flexibility index (Phi) is 5.36. The maximum Gasteiger partial charge on any atom is 0.410 e. The second-order valence-electron chi connectivity index (χ2n) is 8.62. The molecule has 0 N–H and O–H groups in total. The third-order valence-corrected chi connectivity index (χ3v) is 4.96. The summed E-state index contributed by atoms with van der Waals surface area (Å²) in [5.74, 6) is 0. The minimum Gasteiger partial charge on any atom is -0.461 e. The zero-order chi connectivity index (χ0) is 21.3. The maximum absolute atomic E-state index is 12.4. The number of ether oxygens (including phenoxy) is 2. The Morgan fingerprint density at radius 3 is 2.80 bits per heavy atom. The SMILES string of the molecule is Cn1cc(-c2cc3nccn3c(OC3CCCN(C(=O)OC(C)(C)C)CC3)n2)cn1. The number of aromatic nitrogens is 5. The number of amides is 1. The Morgan fingerprint density at radius 1 is 1.23 bits per heavy atom. The smallest absolute Gasteiger partial charge is 0.410 e. The molecular weight excluding hydrogens is 384 g/mol. The normalized spacial score (nSPS) is 17.7. The highest BCUT2D eigenvalue weighted by Gasteiger charge is 2.26. The van der Waals surface area contributed by atoms with Crippen molar-refractivity contribution < 1.29 is 14.3 Å². The molecular formula is C21H28N6O3. The molecule has 9 nitrogen and oxygen atoms in total. The van der Waals surface area contributed by atoms with E-state index in [1.807, 2.05) is 50.7 Å². The molecule has 1 unspecified atom stereocenters. The minimum atomic E-state index is -0.497. The minimum absolute atomic E-state index is 0.0420. The van der Waals surface area contributed by atoms with Gasteiger partial charge in [-0.05, 0) is 33.6 Å². The van der Waals surface area contributed by atoms with E-state index in [1.165, 1.54) is 0 Å². The summed E-state index contributed by atoms with van der Waals surface area (Å²) in [6, 6.07) is 2.42. The molecule has 0 saturated carbocycles. The van der Waals surface area contributed by atoms with Crippen LogP contribution >= 0.6 is 0 Å². The first-order valence-electron chi connectivity index (χ1n) is 10.3. The molecule has 1 aliphatic rings. The summed E-state index contributed by atoms with van der Waals surface area (Å²) >= 11 is 0. The van der Waals surface area contributed by atoms with Crippen molar-refractivity contribution in [3.05, 3.63) is 30.9 Å². The summed E-state index contributed by atoms with van der Waals surface area (Å²) in [5.41, 5.74) is 1.94. The standard InChI is InChI=1S/C21H28N6O3/c1-21(2,3)30-20(28)26-9-5-6-16(7-10-26)29-19-24-17(15-13-23-25(4)14-15)12-18-22-8-11-27(18)19/h8,11-14,16H,5-7,9-10H2,1-4H3. The van der Waals surface area contributed by atoms with Crippen LogP contribution in [-0.4, -0.2) is 59.9 Å². The van der Waals surface area contributed by atoms with E-state index >= 15 is 0 Å². The van der Waals surface area contributed by atoms with E-state index in [4.69, 9.17) is 14.5 Å². The molecule has 4 rings (SSSR count). The van der Waals surface area contributed by atoms with Crippen molar-refractivity contribution in [2.24, 2.45) is 7.05 Å². The second kappa shape index (κ2) is 7.97. The quantitative estimate of drug-likeness (QED) is 0.656. The Morgan fingerprint density at radius 2 is 2.07 bits per heavy atom. The highest BCUT2D eigenvalue weighted by Crippen LogP contribution is 2.25. The predicted molar refractivity (Wildman–Crippen MR) is 111 cm³/mol. The fourth-order valence-corrected chi connectivity index (χ4v) is 3.52. The number of hydrogen-bond donors (Lipinski definition) is 0. The van der Waals surface area contributed by atoms with E-state index in [1.54, 1.807) is 22.0 Å². The largest absolute Gasteiger partial charge is 0.461 e. The van der Waals surface area contributed by atoms with Gasteiger partial charge in [0.2, 0.25) is 0 Å². The molecule has 1 atom stereocenters. The average Bonchev–Trinajstić information content (AvgIpc) is 3.25. The molecule has 0 radical (unpaired) electrons. The first-order valence-corrected chi connectivity index (χ1v) is 10.3. The van der Waals surface area contributed by atoms with Crippen molar-refractivity contribution in [1.29, 1.82) is 0 Å². The number of hydrogen-bond acceptors (Lipinski definition) is 6. The Labute approximate surface area is 175 Å². The summed E-state index contributed by atoms with van der Waals surface area (Å²) in [6.07, 6.45) is 9.35. The Bertz CT molecular complexity index is 1030. The van der Waals surface area contributed by atoms with Crippen LogP contribution in [0, 0.1) is 0 Å². The van der Waals surface area contributed by atoms with Crippen molar-refractivity contribution in [1.82, 2.24) is 29.0 Å². The molecule has 1 saturated heterocycles. The van der Waals surface area contributed by atoms with Crippen molar-refractivity contribution >= 4 is 11.7 Å². The molecule has 3 aromatic heterocycles. The van der Waals surface area contributed by atoms with Crippen LogP contribution < -0.4 is 4.74 Å².